The fourth-order valence-electron chi connectivity index (χ4n) is 1.94. The van der Waals surface area contributed by atoms with Crippen LogP contribution < -0.4 is 10.2 Å². The molecule has 0 radical (unpaired) electrons. The van der Waals surface area contributed by atoms with Gasteiger partial charge in [0.05, 0.1) is 31.7 Å². The number of benzene rings is 1. The Balaban J connectivity index is 2.63. The van der Waals surface area contributed by atoms with Gasteiger partial charge in [-0.15, -0.1) is 0 Å². The van der Waals surface area contributed by atoms with Gasteiger partial charge in [-0.1, -0.05) is 6.07 Å². The lowest BCUT2D eigenvalue weighted by Gasteiger charge is -2.15. The van der Waals surface area contributed by atoms with Crippen LogP contribution in [-0.2, 0) is 11.0 Å². The molecule has 0 saturated heterocycles. The quantitative estimate of drug-likeness (QED) is 0.782. The SMILES string of the molecule is COc1cn(-c2cccc(C(F)(F)F)c2)nc(C(=O)N(C)OC)c1=O. The number of carbonyl (C=O) groups excluding carboxylic acids is 1. The Morgan fingerprint density at radius 2 is 1.96 bits per heavy atom. The first-order valence-corrected chi connectivity index (χ1v) is 6.86. The molecule has 0 atom stereocenters. The summed E-state index contributed by atoms with van der Waals surface area (Å²) in [5.41, 5.74) is -2.26. The third kappa shape index (κ3) is 3.79. The molecule has 1 heterocycles. The number of halogens is 3. The van der Waals surface area contributed by atoms with Crippen molar-refractivity contribution in [3.8, 4) is 11.4 Å². The van der Waals surface area contributed by atoms with E-state index in [0.29, 0.717) is 0 Å². The molecule has 0 aliphatic rings. The number of alkyl halides is 3. The molecule has 1 aromatic heterocycles. The van der Waals surface area contributed by atoms with E-state index in [-0.39, 0.29) is 11.4 Å². The number of hydroxylamine groups is 2. The minimum absolute atomic E-state index is 0.00208. The van der Waals surface area contributed by atoms with E-state index in [1.807, 2.05) is 0 Å². The fourth-order valence-corrected chi connectivity index (χ4v) is 1.94. The zero-order valence-corrected chi connectivity index (χ0v) is 13.5. The monoisotopic (exact) mass is 357 g/mol. The summed E-state index contributed by atoms with van der Waals surface area (Å²) in [6, 6.07) is 4.27. The lowest BCUT2D eigenvalue weighted by Crippen LogP contribution is -2.33. The molecular weight excluding hydrogens is 343 g/mol. The Hall–Kier alpha value is -2.88. The van der Waals surface area contributed by atoms with Crippen LogP contribution in [0.3, 0.4) is 0 Å². The summed E-state index contributed by atoms with van der Waals surface area (Å²) in [7, 11) is 3.67. The van der Waals surface area contributed by atoms with Gasteiger partial charge in [0.25, 0.3) is 5.43 Å². The van der Waals surface area contributed by atoms with Crippen molar-refractivity contribution in [3.63, 3.8) is 0 Å². The summed E-state index contributed by atoms with van der Waals surface area (Å²) in [5, 5.41) is 4.59. The van der Waals surface area contributed by atoms with Gasteiger partial charge < -0.3 is 4.74 Å². The standard InChI is InChI=1S/C15H14F3N3O4/c1-20(25-3)14(23)12-13(22)11(24-2)8-21(19-12)10-6-4-5-9(7-10)15(16,17)18/h4-8H,1-3H3. The molecule has 7 nitrogen and oxygen atoms in total. The Labute approximate surface area is 140 Å². The fraction of sp³-hybridized carbons (Fsp3) is 0.267. The number of hydrogen-bond donors (Lipinski definition) is 0. The number of ether oxygens (including phenoxy) is 1. The van der Waals surface area contributed by atoms with Gasteiger partial charge in [-0.2, -0.15) is 18.3 Å². The summed E-state index contributed by atoms with van der Waals surface area (Å²) < 4.78 is 44.5. The maximum Gasteiger partial charge on any atom is 0.416 e. The van der Waals surface area contributed by atoms with Crippen molar-refractivity contribution in [2.75, 3.05) is 21.3 Å². The first kappa shape index (κ1) is 18.5. The van der Waals surface area contributed by atoms with Crippen LogP contribution in [0.15, 0.2) is 35.3 Å². The summed E-state index contributed by atoms with van der Waals surface area (Å²) in [4.78, 5) is 29.1. The van der Waals surface area contributed by atoms with Crippen LogP contribution in [0.1, 0.15) is 16.1 Å². The minimum atomic E-state index is -4.55. The van der Waals surface area contributed by atoms with E-state index in [0.717, 1.165) is 28.1 Å². The van der Waals surface area contributed by atoms with Crippen LogP contribution >= 0.6 is 0 Å². The minimum Gasteiger partial charge on any atom is -0.491 e. The molecule has 2 aromatic rings. The molecule has 0 fully saturated rings. The second-order valence-electron chi connectivity index (χ2n) is 4.85. The number of nitrogens with zero attached hydrogens (tertiary/aromatic N) is 3. The first-order valence-electron chi connectivity index (χ1n) is 6.86. The molecule has 0 aliphatic heterocycles. The maximum atomic E-state index is 12.9. The molecule has 0 saturated carbocycles. The summed E-state index contributed by atoms with van der Waals surface area (Å²) in [6.45, 7) is 0. The highest BCUT2D eigenvalue weighted by Gasteiger charge is 2.30. The molecule has 2 rings (SSSR count). The number of aromatic nitrogens is 2. The van der Waals surface area contributed by atoms with Gasteiger partial charge in [0.1, 0.15) is 0 Å². The molecule has 0 spiro atoms. The maximum absolute atomic E-state index is 12.9. The van der Waals surface area contributed by atoms with Crippen molar-refractivity contribution in [3.05, 3.63) is 51.9 Å². The summed E-state index contributed by atoms with van der Waals surface area (Å²) in [5.74, 6) is -1.12. The van der Waals surface area contributed by atoms with Crippen LogP contribution in [0.4, 0.5) is 13.2 Å². The zero-order chi connectivity index (χ0) is 18.8. The lowest BCUT2D eigenvalue weighted by molar-refractivity contribution is -0.137. The molecule has 0 unspecified atom stereocenters. The highest BCUT2D eigenvalue weighted by atomic mass is 19.4. The van der Waals surface area contributed by atoms with Gasteiger partial charge in [-0.3, -0.25) is 14.4 Å². The number of rotatable bonds is 4. The third-order valence-corrected chi connectivity index (χ3v) is 3.31. The summed E-state index contributed by atoms with van der Waals surface area (Å²) in [6.07, 6.45) is -3.45. The van der Waals surface area contributed by atoms with Gasteiger partial charge >= 0.3 is 12.1 Å². The molecule has 25 heavy (non-hydrogen) atoms. The number of hydrogen-bond acceptors (Lipinski definition) is 5. The normalized spacial score (nSPS) is 11.3. The van der Waals surface area contributed by atoms with E-state index in [1.165, 1.54) is 33.4 Å². The van der Waals surface area contributed by atoms with E-state index in [1.54, 1.807) is 0 Å². The van der Waals surface area contributed by atoms with Crippen molar-refractivity contribution in [2.24, 2.45) is 0 Å². The van der Waals surface area contributed by atoms with Gasteiger partial charge in [0.15, 0.2) is 5.75 Å². The second kappa shape index (κ2) is 6.93. The Bertz CT molecular complexity index is 849. The average molecular weight is 357 g/mol. The average Bonchev–Trinajstić information content (AvgIpc) is 2.60. The lowest BCUT2D eigenvalue weighted by atomic mass is 10.2. The van der Waals surface area contributed by atoms with Crippen LogP contribution in [0.2, 0.25) is 0 Å². The van der Waals surface area contributed by atoms with Crippen molar-refractivity contribution >= 4 is 5.91 Å². The smallest absolute Gasteiger partial charge is 0.416 e. The van der Waals surface area contributed by atoms with E-state index in [4.69, 9.17) is 9.57 Å². The molecular formula is C15H14F3N3O4. The van der Waals surface area contributed by atoms with Gasteiger partial charge in [0, 0.05) is 7.05 Å². The Morgan fingerprint density at radius 3 is 2.52 bits per heavy atom. The third-order valence-electron chi connectivity index (χ3n) is 3.31. The first-order chi connectivity index (χ1) is 11.7. The van der Waals surface area contributed by atoms with Crippen LogP contribution in [0, 0.1) is 0 Å². The topological polar surface area (TPSA) is 73.7 Å². The van der Waals surface area contributed by atoms with E-state index >= 15 is 0 Å². The highest BCUT2D eigenvalue weighted by Crippen LogP contribution is 2.30. The molecule has 1 aromatic carbocycles. The summed E-state index contributed by atoms with van der Waals surface area (Å²) >= 11 is 0. The van der Waals surface area contributed by atoms with Gasteiger partial charge in [-0.05, 0) is 18.2 Å². The number of methoxy groups -OCH3 is 1. The van der Waals surface area contributed by atoms with Gasteiger partial charge in [-0.25, -0.2) is 9.75 Å². The van der Waals surface area contributed by atoms with Crippen molar-refractivity contribution in [1.29, 1.82) is 0 Å². The van der Waals surface area contributed by atoms with E-state index in [2.05, 4.69) is 5.10 Å². The Morgan fingerprint density at radius 1 is 1.28 bits per heavy atom. The van der Waals surface area contributed by atoms with E-state index < -0.39 is 28.8 Å². The largest absolute Gasteiger partial charge is 0.491 e. The zero-order valence-electron chi connectivity index (χ0n) is 13.5. The van der Waals surface area contributed by atoms with Crippen molar-refractivity contribution in [1.82, 2.24) is 14.8 Å². The van der Waals surface area contributed by atoms with E-state index in [9.17, 15) is 22.8 Å². The predicted octanol–water partition coefficient (Wildman–Crippen LogP) is 1.89. The molecule has 1 amide bonds. The highest BCUT2D eigenvalue weighted by molar-refractivity contribution is 5.91. The van der Waals surface area contributed by atoms with Crippen molar-refractivity contribution in [2.45, 2.75) is 6.18 Å². The molecule has 0 aliphatic carbocycles. The predicted molar refractivity (Wildman–Crippen MR) is 80.5 cm³/mol. The Kier molecular flexibility index (Phi) is 5.12. The molecule has 0 bridgehead atoms. The van der Waals surface area contributed by atoms with Crippen LogP contribution in [0.5, 0.6) is 5.75 Å². The molecule has 134 valence electrons. The number of amides is 1. The van der Waals surface area contributed by atoms with Crippen LogP contribution in [0.25, 0.3) is 5.69 Å². The molecule has 0 N–H and O–H groups in total. The second-order valence-corrected chi connectivity index (χ2v) is 4.85. The molecule has 10 heteroatoms. The number of carbonyl (C=O) groups is 1. The van der Waals surface area contributed by atoms with Crippen LogP contribution in [-0.4, -0.2) is 42.0 Å². The van der Waals surface area contributed by atoms with Crippen molar-refractivity contribution < 1.29 is 27.5 Å². The van der Waals surface area contributed by atoms with Gasteiger partial charge in [0.2, 0.25) is 5.69 Å².